The van der Waals surface area contributed by atoms with Gasteiger partial charge in [0.25, 0.3) is 0 Å². The second kappa shape index (κ2) is 4.52. The number of hydrazine groups is 1. The molecule has 0 amide bonds. The molecule has 0 fully saturated rings. The number of ether oxygens (including phenoxy) is 2. The molecule has 20 heavy (non-hydrogen) atoms. The largest absolute Gasteiger partial charge is 0.486 e. The Morgan fingerprint density at radius 1 is 1.10 bits per heavy atom. The van der Waals surface area contributed by atoms with Crippen LogP contribution >= 0.6 is 0 Å². The molecule has 1 aliphatic rings. The molecule has 106 valence electrons. The highest BCUT2D eigenvalue weighted by molar-refractivity contribution is 5.85. The Bertz CT molecular complexity index is 662. The molecule has 0 unspecified atom stereocenters. The van der Waals surface area contributed by atoms with Crippen LogP contribution in [0.3, 0.4) is 0 Å². The monoisotopic (exact) mass is 273 g/mol. The number of rotatable bonds is 1. The average molecular weight is 273 g/mol. The van der Waals surface area contributed by atoms with Crippen molar-refractivity contribution >= 4 is 16.7 Å². The fourth-order valence-electron chi connectivity index (χ4n) is 2.39. The number of nitrogen functional groups attached to an aromatic ring is 1. The van der Waals surface area contributed by atoms with Crippen molar-refractivity contribution in [1.82, 2.24) is 4.98 Å². The summed E-state index contributed by atoms with van der Waals surface area (Å²) in [4.78, 5) is 4.60. The van der Waals surface area contributed by atoms with Gasteiger partial charge in [-0.1, -0.05) is 20.8 Å². The fourth-order valence-corrected chi connectivity index (χ4v) is 2.39. The van der Waals surface area contributed by atoms with Crippen LogP contribution in [0.4, 0.5) is 5.82 Å². The van der Waals surface area contributed by atoms with Gasteiger partial charge < -0.3 is 14.9 Å². The summed E-state index contributed by atoms with van der Waals surface area (Å²) in [6.45, 7) is 7.55. The van der Waals surface area contributed by atoms with Crippen molar-refractivity contribution in [2.24, 2.45) is 5.84 Å². The van der Waals surface area contributed by atoms with E-state index >= 15 is 0 Å². The van der Waals surface area contributed by atoms with E-state index in [9.17, 15) is 0 Å². The Balaban J connectivity index is 2.23. The van der Waals surface area contributed by atoms with Crippen molar-refractivity contribution in [1.29, 1.82) is 0 Å². The van der Waals surface area contributed by atoms with Crippen LogP contribution in [0.2, 0.25) is 0 Å². The first-order chi connectivity index (χ1) is 9.49. The summed E-state index contributed by atoms with van der Waals surface area (Å²) in [7, 11) is 0. The first-order valence-electron chi connectivity index (χ1n) is 6.70. The van der Waals surface area contributed by atoms with E-state index in [0.717, 1.165) is 28.0 Å². The lowest BCUT2D eigenvalue weighted by molar-refractivity contribution is 0.172. The van der Waals surface area contributed by atoms with Crippen molar-refractivity contribution in [3.63, 3.8) is 0 Å². The molecule has 1 aromatic carbocycles. The lowest BCUT2D eigenvalue weighted by Gasteiger charge is -2.23. The molecular formula is C15H19N3O2. The topological polar surface area (TPSA) is 69.4 Å². The van der Waals surface area contributed by atoms with Crippen molar-refractivity contribution < 1.29 is 9.47 Å². The van der Waals surface area contributed by atoms with Crippen LogP contribution in [0.5, 0.6) is 11.5 Å². The SMILES string of the molecule is CC(C)(C)c1cc2cc3c(cc2nc1NN)OCCO3. The quantitative estimate of drug-likeness (QED) is 0.617. The highest BCUT2D eigenvalue weighted by Crippen LogP contribution is 2.37. The molecule has 0 aliphatic carbocycles. The van der Waals surface area contributed by atoms with Crippen LogP contribution in [0.1, 0.15) is 26.3 Å². The first kappa shape index (κ1) is 13.0. The van der Waals surface area contributed by atoms with Crippen molar-refractivity contribution in [2.45, 2.75) is 26.2 Å². The summed E-state index contributed by atoms with van der Waals surface area (Å²) in [6.07, 6.45) is 0. The Hall–Kier alpha value is -2.01. The van der Waals surface area contributed by atoms with Crippen LogP contribution in [0, 0.1) is 0 Å². The van der Waals surface area contributed by atoms with E-state index in [-0.39, 0.29) is 5.41 Å². The smallest absolute Gasteiger partial charge is 0.163 e. The van der Waals surface area contributed by atoms with Gasteiger partial charge in [-0.2, -0.15) is 0 Å². The molecule has 0 spiro atoms. The van der Waals surface area contributed by atoms with E-state index in [1.165, 1.54) is 0 Å². The van der Waals surface area contributed by atoms with E-state index in [1.807, 2.05) is 12.1 Å². The molecule has 5 heteroatoms. The highest BCUT2D eigenvalue weighted by Gasteiger charge is 2.21. The number of anilines is 1. The summed E-state index contributed by atoms with van der Waals surface area (Å²) in [5.74, 6) is 7.82. The molecule has 0 atom stereocenters. The Morgan fingerprint density at radius 3 is 2.35 bits per heavy atom. The molecule has 2 heterocycles. The van der Waals surface area contributed by atoms with E-state index in [1.54, 1.807) is 0 Å². The second-order valence-corrected chi connectivity index (χ2v) is 5.97. The predicted molar refractivity (Wildman–Crippen MR) is 79.2 cm³/mol. The van der Waals surface area contributed by atoms with Gasteiger partial charge in [0, 0.05) is 17.0 Å². The third kappa shape index (κ3) is 2.14. The molecule has 3 rings (SSSR count). The van der Waals surface area contributed by atoms with Crippen molar-refractivity contribution in [2.75, 3.05) is 18.6 Å². The first-order valence-corrected chi connectivity index (χ1v) is 6.70. The minimum atomic E-state index is -0.0455. The van der Waals surface area contributed by atoms with Crippen LogP contribution in [-0.4, -0.2) is 18.2 Å². The normalized spacial score (nSPS) is 14.4. The summed E-state index contributed by atoms with van der Waals surface area (Å²) >= 11 is 0. The lowest BCUT2D eigenvalue weighted by Crippen LogP contribution is -2.19. The van der Waals surface area contributed by atoms with Gasteiger partial charge >= 0.3 is 0 Å². The van der Waals surface area contributed by atoms with Gasteiger partial charge in [-0.05, 0) is 17.5 Å². The number of hydrogen-bond acceptors (Lipinski definition) is 5. The van der Waals surface area contributed by atoms with Crippen molar-refractivity contribution in [3.05, 3.63) is 23.8 Å². The number of aromatic nitrogens is 1. The van der Waals surface area contributed by atoms with Crippen LogP contribution < -0.4 is 20.7 Å². The maximum atomic E-state index is 5.62. The third-order valence-corrected chi connectivity index (χ3v) is 3.42. The third-order valence-electron chi connectivity index (χ3n) is 3.42. The Labute approximate surface area is 118 Å². The molecule has 0 saturated heterocycles. The molecule has 2 aromatic rings. The molecule has 0 saturated carbocycles. The fraction of sp³-hybridized carbons (Fsp3) is 0.400. The van der Waals surface area contributed by atoms with Gasteiger partial charge in [-0.25, -0.2) is 10.8 Å². The number of nitrogens with one attached hydrogen (secondary N) is 1. The second-order valence-electron chi connectivity index (χ2n) is 5.97. The number of hydrogen-bond donors (Lipinski definition) is 2. The summed E-state index contributed by atoms with van der Waals surface area (Å²) < 4.78 is 11.2. The van der Waals surface area contributed by atoms with Gasteiger partial charge in [-0.15, -0.1) is 0 Å². The average Bonchev–Trinajstić information content (AvgIpc) is 2.42. The summed E-state index contributed by atoms with van der Waals surface area (Å²) in [6, 6.07) is 5.99. The molecule has 5 nitrogen and oxygen atoms in total. The van der Waals surface area contributed by atoms with Gasteiger partial charge in [0.15, 0.2) is 11.5 Å². The van der Waals surface area contributed by atoms with Gasteiger partial charge in [0.2, 0.25) is 0 Å². The van der Waals surface area contributed by atoms with E-state index in [0.29, 0.717) is 19.0 Å². The molecule has 1 aliphatic heterocycles. The molecule has 3 N–H and O–H groups in total. The number of fused-ring (bicyclic) bond motifs is 2. The standard InChI is InChI=1S/C15H19N3O2/c1-15(2,3)10-6-9-7-12-13(20-5-4-19-12)8-11(9)17-14(10)18-16/h6-8H,4-5,16H2,1-3H3,(H,17,18). The maximum absolute atomic E-state index is 5.62. The van der Waals surface area contributed by atoms with Crippen LogP contribution in [0.25, 0.3) is 10.9 Å². The summed E-state index contributed by atoms with van der Waals surface area (Å²) in [5.41, 5.74) is 4.56. The molecule has 0 radical (unpaired) electrons. The Kier molecular flexibility index (Phi) is 2.94. The zero-order valence-electron chi connectivity index (χ0n) is 12.0. The zero-order valence-corrected chi connectivity index (χ0v) is 12.0. The van der Waals surface area contributed by atoms with Gasteiger partial charge in [0.05, 0.1) is 5.52 Å². The van der Waals surface area contributed by atoms with E-state index < -0.39 is 0 Å². The van der Waals surface area contributed by atoms with E-state index in [4.69, 9.17) is 15.3 Å². The van der Waals surface area contributed by atoms with Gasteiger partial charge in [0.1, 0.15) is 19.0 Å². The number of nitrogens with zero attached hydrogens (tertiary/aromatic N) is 1. The van der Waals surface area contributed by atoms with Crippen molar-refractivity contribution in [3.8, 4) is 11.5 Å². The molecule has 1 aromatic heterocycles. The molecular weight excluding hydrogens is 254 g/mol. The van der Waals surface area contributed by atoms with Gasteiger partial charge in [-0.3, -0.25) is 0 Å². The van der Waals surface area contributed by atoms with Crippen LogP contribution in [0.15, 0.2) is 18.2 Å². The lowest BCUT2D eigenvalue weighted by atomic mass is 9.86. The number of benzene rings is 1. The minimum absolute atomic E-state index is 0.0455. The Morgan fingerprint density at radius 2 is 1.75 bits per heavy atom. The van der Waals surface area contributed by atoms with Crippen LogP contribution in [-0.2, 0) is 5.41 Å². The predicted octanol–water partition coefficient (Wildman–Crippen LogP) is 2.59. The van der Waals surface area contributed by atoms with E-state index in [2.05, 4.69) is 37.2 Å². The molecule has 0 bridgehead atoms. The number of pyridine rings is 1. The zero-order chi connectivity index (χ0) is 14.3. The maximum Gasteiger partial charge on any atom is 0.163 e. The number of nitrogens with two attached hydrogens (primary N) is 1. The highest BCUT2D eigenvalue weighted by atomic mass is 16.6. The minimum Gasteiger partial charge on any atom is -0.486 e. The summed E-state index contributed by atoms with van der Waals surface area (Å²) in [5, 5.41) is 1.03.